The van der Waals surface area contributed by atoms with Gasteiger partial charge in [-0.2, -0.15) is 0 Å². The predicted molar refractivity (Wildman–Crippen MR) is 66.3 cm³/mol. The molecule has 0 amide bonds. The Kier molecular flexibility index (Phi) is 14.9. The van der Waals surface area contributed by atoms with E-state index in [2.05, 4.69) is 20.8 Å². The van der Waals surface area contributed by atoms with Crippen molar-refractivity contribution in [3.63, 3.8) is 0 Å². The molecule has 0 heterocycles. The second-order valence-electron chi connectivity index (χ2n) is 3.77. The van der Waals surface area contributed by atoms with E-state index in [0.717, 1.165) is 38.5 Å². The standard InChI is InChI=1S/C12H24O2.Na.H/c1-4-7-9-11(6-3)12(13)14-10-8-5-2;;/h11H,4-10H2,1-3H3;;. The number of unbranched alkanes of at least 4 members (excludes halogenated alkanes) is 2. The van der Waals surface area contributed by atoms with Crippen LogP contribution in [-0.4, -0.2) is 42.1 Å². The minimum absolute atomic E-state index is 0. The monoisotopic (exact) mass is 224 g/mol. The van der Waals surface area contributed by atoms with Crippen LogP contribution in [-0.2, 0) is 9.53 Å². The van der Waals surface area contributed by atoms with Crippen molar-refractivity contribution in [2.24, 2.45) is 5.92 Å². The number of rotatable bonds is 8. The molecule has 1 unspecified atom stereocenters. The van der Waals surface area contributed by atoms with Gasteiger partial charge in [0.15, 0.2) is 0 Å². The molecule has 2 nitrogen and oxygen atoms in total. The first kappa shape index (κ1) is 17.9. The van der Waals surface area contributed by atoms with Gasteiger partial charge in [-0.15, -0.1) is 0 Å². The van der Waals surface area contributed by atoms with Gasteiger partial charge in [0, 0.05) is 0 Å². The van der Waals surface area contributed by atoms with E-state index in [4.69, 9.17) is 4.74 Å². The first-order valence-electron chi connectivity index (χ1n) is 5.92. The number of carbonyl (C=O) groups excluding carboxylic acids is 1. The Morgan fingerprint density at radius 1 is 1.13 bits per heavy atom. The van der Waals surface area contributed by atoms with E-state index >= 15 is 0 Å². The van der Waals surface area contributed by atoms with Gasteiger partial charge in [-0.1, -0.05) is 40.0 Å². The Morgan fingerprint density at radius 3 is 2.20 bits per heavy atom. The third-order valence-corrected chi connectivity index (χ3v) is 2.47. The van der Waals surface area contributed by atoms with Crippen molar-refractivity contribution in [1.29, 1.82) is 0 Å². The molecule has 0 N–H and O–H groups in total. The second-order valence-corrected chi connectivity index (χ2v) is 3.77. The molecule has 0 fully saturated rings. The van der Waals surface area contributed by atoms with Crippen molar-refractivity contribution < 1.29 is 9.53 Å². The van der Waals surface area contributed by atoms with E-state index < -0.39 is 0 Å². The number of hydrogen-bond acceptors (Lipinski definition) is 2. The molecule has 0 aliphatic heterocycles. The first-order valence-corrected chi connectivity index (χ1v) is 5.92. The summed E-state index contributed by atoms with van der Waals surface area (Å²) in [5.74, 6) is 0.140. The quantitative estimate of drug-likeness (QED) is 0.360. The number of esters is 1. The summed E-state index contributed by atoms with van der Waals surface area (Å²) < 4.78 is 5.19. The Hall–Kier alpha value is 0.470. The van der Waals surface area contributed by atoms with Gasteiger partial charge in [0.2, 0.25) is 0 Å². The molecule has 3 heteroatoms. The second kappa shape index (κ2) is 12.5. The van der Waals surface area contributed by atoms with Gasteiger partial charge >= 0.3 is 35.5 Å². The van der Waals surface area contributed by atoms with Crippen LogP contribution in [0.3, 0.4) is 0 Å². The van der Waals surface area contributed by atoms with Crippen LogP contribution in [0.25, 0.3) is 0 Å². The maximum absolute atomic E-state index is 11.5. The Bertz CT molecular complexity index is 149. The average Bonchev–Trinajstić information content (AvgIpc) is 2.19. The van der Waals surface area contributed by atoms with Crippen LogP contribution < -0.4 is 0 Å². The molecule has 0 saturated heterocycles. The summed E-state index contributed by atoms with van der Waals surface area (Å²) >= 11 is 0. The zero-order valence-corrected chi connectivity index (χ0v) is 9.84. The van der Waals surface area contributed by atoms with Crippen molar-refractivity contribution in [2.45, 2.75) is 59.3 Å². The van der Waals surface area contributed by atoms with Crippen LogP contribution in [0, 0.1) is 5.92 Å². The number of carbonyl (C=O) groups is 1. The molecule has 0 rings (SSSR count). The van der Waals surface area contributed by atoms with Gasteiger partial charge in [0.25, 0.3) is 0 Å². The van der Waals surface area contributed by atoms with E-state index in [0.29, 0.717) is 6.61 Å². The number of hydrogen-bond donors (Lipinski definition) is 0. The molecule has 0 saturated carbocycles. The van der Waals surface area contributed by atoms with Crippen LogP contribution in [0.15, 0.2) is 0 Å². The van der Waals surface area contributed by atoms with E-state index in [1.807, 2.05) is 0 Å². The summed E-state index contributed by atoms with van der Waals surface area (Å²) in [6, 6.07) is 0. The fourth-order valence-corrected chi connectivity index (χ4v) is 1.37. The van der Waals surface area contributed by atoms with Crippen LogP contribution in [0.5, 0.6) is 0 Å². The van der Waals surface area contributed by atoms with Gasteiger partial charge in [-0.05, 0) is 19.3 Å². The first-order chi connectivity index (χ1) is 6.76. The van der Waals surface area contributed by atoms with Gasteiger partial charge in [-0.25, -0.2) is 0 Å². The third-order valence-electron chi connectivity index (χ3n) is 2.47. The van der Waals surface area contributed by atoms with Crippen molar-refractivity contribution in [1.82, 2.24) is 0 Å². The molecule has 0 aromatic heterocycles. The molecule has 0 radical (unpaired) electrons. The van der Waals surface area contributed by atoms with E-state index in [9.17, 15) is 4.79 Å². The van der Waals surface area contributed by atoms with E-state index in [-0.39, 0.29) is 41.4 Å². The summed E-state index contributed by atoms with van der Waals surface area (Å²) in [7, 11) is 0. The molecule has 0 bridgehead atoms. The van der Waals surface area contributed by atoms with Crippen LogP contribution in [0.4, 0.5) is 0 Å². The van der Waals surface area contributed by atoms with Gasteiger partial charge < -0.3 is 4.74 Å². The van der Waals surface area contributed by atoms with Crippen LogP contribution in [0.1, 0.15) is 59.3 Å². The fourth-order valence-electron chi connectivity index (χ4n) is 1.37. The summed E-state index contributed by atoms with van der Waals surface area (Å²) in [5.41, 5.74) is 0. The van der Waals surface area contributed by atoms with Gasteiger partial charge in [0.1, 0.15) is 0 Å². The molecule has 1 atom stereocenters. The molecule has 0 aliphatic carbocycles. The summed E-state index contributed by atoms with van der Waals surface area (Å²) in [6.45, 7) is 6.90. The van der Waals surface area contributed by atoms with Crippen molar-refractivity contribution in [2.75, 3.05) is 6.61 Å². The topological polar surface area (TPSA) is 26.3 Å². The molecule has 0 aromatic rings. The van der Waals surface area contributed by atoms with Crippen molar-refractivity contribution in [3.8, 4) is 0 Å². The molecular formula is C12H25NaO2. The molecule has 0 aromatic carbocycles. The Balaban J connectivity index is 0. The third kappa shape index (κ3) is 9.40. The van der Waals surface area contributed by atoms with Crippen molar-refractivity contribution >= 4 is 35.5 Å². The summed E-state index contributed by atoms with van der Waals surface area (Å²) in [5, 5.41) is 0. The molecule has 86 valence electrons. The fraction of sp³-hybridized carbons (Fsp3) is 0.917. The molecule has 0 aliphatic rings. The Labute approximate surface area is 116 Å². The zero-order chi connectivity index (χ0) is 10.8. The van der Waals surface area contributed by atoms with E-state index in [1.165, 1.54) is 0 Å². The molecule has 0 spiro atoms. The normalized spacial score (nSPS) is 11.7. The molecule has 15 heavy (non-hydrogen) atoms. The summed E-state index contributed by atoms with van der Waals surface area (Å²) in [4.78, 5) is 11.5. The summed E-state index contributed by atoms with van der Waals surface area (Å²) in [6.07, 6.45) is 6.23. The molecular weight excluding hydrogens is 199 g/mol. The van der Waals surface area contributed by atoms with Gasteiger partial charge in [0.05, 0.1) is 12.5 Å². The minimum atomic E-state index is 0. The average molecular weight is 224 g/mol. The number of ether oxygens (including phenoxy) is 1. The predicted octanol–water partition coefficient (Wildman–Crippen LogP) is 2.90. The van der Waals surface area contributed by atoms with E-state index in [1.54, 1.807) is 0 Å². The van der Waals surface area contributed by atoms with Crippen molar-refractivity contribution in [3.05, 3.63) is 0 Å². The van der Waals surface area contributed by atoms with Crippen LogP contribution >= 0.6 is 0 Å². The zero-order valence-electron chi connectivity index (χ0n) is 9.84. The van der Waals surface area contributed by atoms with Crippen LogP contribution in [0.2, 0.25) is 0 Å². The maximum atomic E-state index is 11.5. The Morgan fingerprint density at radius 2 is 1.73 bits per heavy atom. The van der Waals surface area contributed by atoms with Gasteiger partial charge in [-0.3, -0.25) is 4.79 Å². The SMILES string of the molecule is CCCCOC(=O)C(CC)CCCC.[NaH].